The molecule has 0 spiro atoms. The Morgan fingerprint density at radius 3 is 2.44 bits per heavy atom. The summed E-state index contributed by atoms with van der Waals surface area (Å²) in [6, 6.07) is 19.8. The van der Waals surface area contributed by atoms with E-state index in [1.54, 1.807) is 36.4 Å². The van der Waals surface area contributed by atoms with Crippen molar-refractivity contribution in [2.45, 2.75) is 11.8 Å². The first-order valence-corrected chi connectivity index (χ1v) is 11.5. The van der Waals surface area contributed by atoms with Gasteiger partial charge in [0.25, 0.3) is 15.9 Å². The van der Waals surface area contributed by atoms with Gasteiger partial charge in [0.15, 0.2) is 6.61 Å². The van der Waals surface area contributed by atoms with E-state index in [9.17, 15) is 17.6 Å². The zero-order valence-electron chi connectivity index (χ0n) is 18.2. The first-order chi connectivity index (χ1) is 16.3. The molecule has 0 aliphatic heterocycles. The number of sulfonamides is 1. The Hall–Kier alpha value is -4.23. The molecule has 0 saturated heterocycles. The molecule has 10 heteroatoms. The zero-order valence-corrected chi connectivity index (χ0v) is 19.0. The van der Waals surface area contributed by atoms with Crippen molar-refractivity contribution in [2.75, 3.05) is 17.5 Å². The van der Waals surface area contributed by atoms with Crippen LogP contribution in [0.4, 0.5) is 10.1 Å². The summed E-state index contributed by atoms with van der Waals surface area (Å²) in [6.45, 7) is 1.05. The number of amides is 1. The largest absolute Gasteiger partial charge is 0.479 e. The molecule has 0 radical (unpaired) electrons. The normalized spacial score (nSPS) is 11.1. The van der Waals surface area contributed by atoms with Crippen LogP contribution in [0.2, 0.25) is 0 Å². The highest BCUT2D eigenvalue weighted by atomic mass is 32.2. The Kier molecular flexibility index (Phi) is 7.95. The summed E-state index contributed by atoms with van der Waals surface area (Å²) < 4.78 is 46.8. The Morgan fingerprint density at radius 2 is 1.79 bits per heavy atom. The van der Waals surface area contributed by atoms with Crippen molar-refractivity contribution in [1.82, 2.24) is 5.43 Å². The monoisotopic (exact) mass is 480 g/mol. The Balaban J connectivity index is 1.77. The molecule has 34 heavy (non-hydrogen) atoms. The lowest BCUT2D eigenvalue weighted by atomic mass is 10.2. The Labute approximate surface area is 197 Å². The minimum absolute atomic E-state index is 0.0728. The van der Waals surface area contributed by atoms with Crippen LogP contribution < -0.4 is 14.5 Å². The van der Waals surface area contributed by atoms with Crippen molar-refractivity contribution in [3.05, 3.63) is 89.7 Å². The highest BCUT2D eigenvalue weighted by Crippen LogP contribution is 2.26. The summed E-state index contributed by atoms with van der Waals surface area (Å²) in [5.74, 6) is -1.04. The molecule has 174 valence electrons. The maximum absolute atomic E-state index is 14.5. The van der Waals surface area contributed by atoms with Crippen LogP contribution in [0.3, 0.4) is 0 Å². The lowest BCUT2D eigenvalue weighted by Crippen LogP contribution is -2.40. The minimum Gasteiger partial charge on any atom is -0.479 e. The number of nitrogens with zero attached hydrogens (tertiary/aromatic N) is 3. The van der Waals surface area contributed by atoms with E-state index in [2.05, 4.69) is 10.5 Å². The van der Waals surface area contributed by atoms with Gasteiger partial charge in [0.1, 0.15) is 24.2 Å². The van der Waals surface area contributed by atoms with E-state index in [1.807, 2.05) is 13.0 Å². The predicted molar refractivity (Wildman–Crippen MR) is 125 cm³/mol. The number of halogens is 1. The van der Waals surface area contributed by atoms with Gasteiger partial charge in [-0.05, 0) is 61.0 Å². The number of carbonyl (C=O) groups excluding carboxylic acids is 1. The number of aryl methyl sites for hydroxylation is 1. The number of nitrogens with one attached hydrogen (secondary N) is 1. The Bertz CT molecular complexity index is 1320. The standard InChI is InChI=1S/C24H21FN4O4S/c1-18-6-12-21(13-7-18)34(31,32)29(23-5-3-2-4-22(23)25)17-24(30)28-27-16-19-8-10-20(11-9-19)33-15-14-26/h2-13,16H,15,17H2,1H3,(H,28,30). The van der Waals surface area contributed by atoms with Crippen LogP contribution in [0.5, 0.6) is 5.75 Å². The summed E-state index contributed by atoms with van der Waals surface area (Å²) in [7, 11) is -4.23. The van der Waals surface area contributed by atoms with E-state index in [-0.39, 0.29) is 17.2 Å². The number of ether oxygens (including phenoxy) is 1. The van der Waals surface area contributed by atoms with Crippen LogP contribution in [0.25, 0.3) is 0 Å². The molecule has 0 atom stereocenters. The molecule has 0 saturated carbocycles. The van der Waals surface area contributed by atoms with Crippen molar-refractivity contribution in [1.29, 1.82) is 5.26 Å². The van der Waals surface area contributed by atoms with Crippen molar-refractivity contribution in [3.8, 4) is 11.8 Å². The van der Waals surface area contributed by atoms with E-state index in [1.165, 1.54) is 36.5 Å². The third-order valence-corrected chi connectivity index (χ3v) is 6.38. The molecule has 0 bridgehead atoms. The van der Waals surface area contributed by atoms with Gasteiger partial charge in [-0.15, -0.1) is 0 Å². The topological polar surface area (TPSA) is 112 Å². The quantitative estimate of drug-likeness (QED) is 0.373. The van der Waals surface area contributed by atoms with Gasteiger partial charge < -0.3 is 4.74 Å². The summed E-state index contributed by atoms with van der Waals surface area (Å²) in [5, 5.41) is 12.4. The number of hydrazone groups is 1. The zero-order chi connectivity index (χ0) is 24.6. The number of rotatable bonds is 9. The number of anilines is 1. The van der Waals surface area contributed by atoms with Crippen LogP contribution in [-0.4, -0.2) is 33.7 Å². The summed E-state index contributed by atoms with van der Waals surface area (Å²) in [4.78, 5) is 12.5. The number of para-hydroxylation sites is 1. The van der Waals surface area contributed by atoms with E-state index in [4.69, 9.17) is 10.00 Å². The fourth-order valence-corrected chi connectivity index (χ4v) is 4.33. The van der Waals surface area contributed by atoms with Gasteiger partial charge in [-0.2, -0.15) is 10.4 Å². The summed E-state index contributed by atoms with van der Waals surface area (Å²) in [6.07, 6.45) is 1.36. The van der Waals surface area contributed by atoms with Gasteiger partial charge in [0.05, 0.1) is 16.8 Å². The molecule has 3 aromatic carbocycles. The molecule has 0 unspecified atom stereocenters. The van der Waals surface area contributed by atoms with Gasteiger partial charge in [-0.3, -0.25) is 9.10 Å². The van der Waals surface area contributed by atoms with E-state index in [0.29, 0.717) is 15.6 Å². The van der Waals surface area contributed by atoms with E-state index < -0.39 is 28.3 Å². The average Bonchev–Trinajstić information content (AvgIpc) is 2.83. The SMILES string of the molecule is Cc1ccc(S(=O)(=O)N(CC(=O)NN=Cc2ccc(OCC#N)cc2)c2ccccc2F)cc1. The number of hydrogen-bond acceptors (Lipinski definition) is 6. The molecular weight excluding hydrogens is 459 g/mol. The van der Waals surface area contributed by atoms with Gasteiger partial charge >= 0.3 is 0 Å². The van der Waals surface area contributed by atoms with Crippen LogP contribution in [0, 0.1) is 24.1 Å². The van der Waals surface area contributed by atoms with Crippen LogP contribution in [0.1, 0.15) is 11.1 Å². The minimum atomic E-state index is -4.23. The van der Waals surface area contributed by atoms with Crippen molar-refractivity contribution in [2.24, 2.45) is 5.10 Å². The number of hydrogen-bond donors (Lipinski definition) is 1. The first kappa shape index (κ1) is 24.4. The lowest BCUT2D eigenvalue weighted by molar-refractivity contribution is -0.119. The molecule has 3 rings (SSSR count). The molecule has 1 amide bonds. The van der Waals surface area contributed by atoms with Gasteiger partial charge in [0.2, 0.25) is 0 Å². The molecule has 0 aromatic heterocycles. The number of nitriles is 1. The molecule has 0 aliphatic carbocycles. The highest BCUT2D eigenvalue weighted by molar-refractivity contribution is 7.92. The molecule has 8 nitrogen and oxygen atoms in total. The van der Waals surface area contributed by atoms with Gasteiger partial charge in [-0.1, -0.05) is 29.8 Å². The second-order valence-corrected chi connectivity index (χ2v) is 8.95. The van der Waals surface area contributed by atoms with Gasteiger partial charge in [-0.25, -0.2) is 18.2 Å². The second kappa shape index (κ2) is 11.1. The molecule has 0 heterocycles. The Morgan fingerprint density at radius 1 is 1.12 bits per heavy atom. The maximum atomic E-state index is 14.5. The lowest BCUT2D eigenvalue weighted by Gasteiger charge is -2.24. The summed E-state index contributed by atoms with van der Waals surface area (Å²) >= 11 is 0. The highest BCUT2D eigenvalue weighted by Gasteiger charge is 2.29. The summed E-state index contributed by atoms with van der Waals surface area (Å²) in [5.41, 5.74) is 3.49. The van der Waals surface area contributed by atoms with Crippen LogP contribution in [0.15, 0.2) is 82.8 Å². The van der Waals surface area contributed by atoms with Crippen molar-refractivity contribution in [3.63, 3.8) is 0 Å². The van der Waals surface area contributed by atoms with Crippen LogP contribution in [-0.2, 0) is 14.8 Å². The number of carbonyl (C=O) groups is 1. The molecule has 3 aromatic rings. The van der Waals surface area contributed by atoms with E-state index in [0.717, 1.165) is 11.6 Å². The molecule has 1 N–H and O–H groups in total. The maximum Gasteiger partial charge on any atom is 0.264 e. The molecule has 0 aliphatic rings. The van der Waals surface area contributed by atoms with Crippen LogP contribution >= 0.6 is 0 Å². The molecule has 0 fully saturated rings. The number of benzene rings is 3. The van der Waals surface area contributed by atoms with E-state index >= 15 is 0 Å². The van der Waals surface area contributed by atoms with Crippen molar-refractivity contribution >= 4 is 27.8 Å². The second-order valence-electron chi connectivity index (χ2n) is 7.09. The third kappa shape index (κ3) is 6.17. The fourth-order valence-electron chi connectivity index (χ4n) is 2.90. The third-order valence-electron chi connectivity index (χ3n) is 4.60. The fraction of sp³-hybridized carbons (Fsp3) is 0.125. The first-order valence-electron chi connectivity index (χ1n) is 10.1. The molecular formula is C24H21FN4O4S. The smallest absolute Gasteiger partial charge is 0.264 e. The average molecular weight is 481 g/mol. The van der Waals surface area contributed by atoms with Gasteiger partial charge in [0, 0.05) is 0 Å². The van der Waals surface area contributed by atoms with Crippen molar-refractivity contribution < 1.29 is 22.3 Å². The predicted octanol–water partition coefficient (Wildman–Crippen LogP) is 3.38.